The minimum absolute atomic E-state index is 0.0625. The number of carbonyl (C=O) groups excluding carboxylic acids is 1. The van der Waals surface area contributed by atoms with E-state index in [1.165, 1.54) is 7.11 Å². The Labute approximate surface area is 86.1 Å². The zero-order chi connectivity index (χ0) is 11.3. The molecule has 1 atom stereocenters. The second-order valence-electron chi connectivity index (χ2n) is 4.20. The molecular formula is C11H19NO2. The van der Waals surface area contributed by atoms with Gasteiger partial charge in [-0.2, -0.15) is 5.26 Å². The Morgan fingerprint density at radius 3 is 1.86 bits per heavy atom. The summed E-state index contributed by atoms with van der Waals surface area (Å²) >= 11 is 0. The summed E-state index contributed by atoms with van der Waals surface area (Å²) in [6.45, 7) is 8.10. The quantitative estimate of drug-likeness (QED) is 0.649. The molecule has 0 saturated carbocycles. The maximum absolute atomic E-state index is 11.3. The number of ether oxygens (including phenoxy) is 1. The first-order valence-electron chi connectivity index (χ1n) is 4.93. The van der Waals surface area contributed by atoms with Gasteiger partial charge >= 0.3 is 5.97 Å². The number of nitriles is 1. The Kier molecular flexibility index (Phi) is 5.22. The molecule has 0 aliphatic heterocycles. The molecule has 0 heterocycles. The molecule has 1 unspecified atom stereocenters. The minimum atomic E-state index is -0.639. The summed E-state index contributed by atoms with van der Waals surface area (Å²) in [5.41, 5.74) is 0. The highest BCUT2D eigenvalue weighted by Gasteiger charge is 2.33. The minimum Gasteiger partial charge on any atom is -0.468 e. The van der Waals surface area contributed by atoms with Gasteiger partial charge in [-0.3, -0.25) is 4.79 Å². The van der Waals surface area contributed by atoms with Gasteiger partial charge < -0.3 is 4.74 Å². The number of nitrogens with zero attached hydrogens (tertiary/aromatic N) is 1. The van der Waals surface area contributed by atoms with Gasteiger partial charge in [0.25, 0.3) is 0 Å². The lowest BCUT2D eigenvalue weighted by Crippen LogP contribution is -2.31. The van der Waals surface area contributed by atoms with E-state index in [2.05, 4.69) is 4.74 Å². The lowest BCUT2D eigenvalue weighted by molar-refractivity contribution is -0.146. The van der Waals surface area contributed by atoms with E-state index in [9.17, 15) is 4.79 Å². The second-order valence-corrected chi connectivity index (χ2v) is 4.20. The molecular weight excluding hydrogens is 178 g/mol. The van der Waals surface area contributed by atoms with Crippen molar-refractivity contribution in [2.75, 3.05) is 7.11 Å². The summed E-state index contributed by atoms with van der Waals surface area (Å²) in [4.78, 5) is 11.3. The normalized spacial score (nSPS) is 13.1. The Morgan fingerprint density at radius 2 is 1.64 bits per heavy atom. The summed E-state index contributed by atoms with van der Waals surface area (Å²) in [5, 5.41) is 8.94. The summed E-state index contributed by atoms with van der Waals surface area (Å²) in [5.74, 6) is -0.384. The van der Waals surface area contributed by atoms with Crippen LogP contribution in [0.3, 0.4) is 0 Å². The van der Waals surface area contributed by atoms with Gasteiger partial charge in [-0.1, -0.05) is 27.7 Å². The van der Waals surface area contributed by atoms with E-state index in [1.54, 1.807) is 0 Å². The molecule has 0 fully saturated rings. The smallest absolute Gasteiger partial charge is 0.323 e. The van der Waals surface area contributed by atoms with Crippen LogP contribution in [0.25, 0.3) is 0 Å². The molecule has 0 spiro atoms. The van der Waals surface area contributed by atoms with E-state index >= 15 is 0 Å². The molecule has 0 bridgehead atoms. The predicted octanol–water partition coefficient (Wildman–Crippen LogP) is 2.23. The molecule has 14 heavy (non-hydrogen) atoms. The van der Waals surface area contributed by atoms with Gasteiger partial charge in [0.05, 0.1) is 13.2 Å². The molecule has 0 saturated heterocycles. The first kappa shape index (κ1) is 13.0. The van der Waals surface area contributed by atoms with Gasteiger partial charge in [0, 0.05) is 0 Å². The summed E-state index contributed by atoms with van der Waals surface area (Å²) in [6, 6.07) is 2.04. The molecule has 0 rings (SSSR count). The third kappa shape index (κ3) is 3.02. The van der Waals surface area contributed by atoms with Crippen molar-refractivity contribution in [3.63, 3.8) is 0 Å². The van der Waals surface area contributed by atoms with Crippen molar-refractivity contribution in [3.8, 4) is 6.07 Å². The lowest BCUT2D eigenvalue weighted by Gasteiger charge is -2.27. The zero-order valence-corrected chi connectivity index (χ0v) is 9.57. The first-order chi connectivity index (χ1) is 6.45. The lowest BCUT2D eigenvalue weighted by atomic mass is 9.76. The maximum Gasteiger partial charge on any atom is 0.323 e. The van der Waals surface area contributed by atoms with E-state index in [0.29, 0.717) is 11.8 Å². The maximum atomic E-state index is 11.3. The Morgan fingerprint density at radius 1 is 1.21 bits per heavy atom. The van der Waals surface area contributed by atoms with Crippen molar-refractivity contribution in [2.24, 2.45) is 23.7 Å². The van der Waals surface area contributed by atoms with E-state index in [0.717, 1.165) is 0 Å². The van der Waals surface area contributed by atoms with Gasteiger partial charge in [0.2, 0.25) is 0 Å². The van der Waals surface area contributed by atoms with Crippen LogP contribution in [0.2, 0.25) is 0 Å². The van der Waals surface area contributed by atoms with Crippen LogP contribution in [0.5, 0.6) is 0 Å². The molecule has 3 nitrogen and oxygen atoms in total. The SMILES string of the molecule is COC(=O)C(C#N)C(C(C)C)C(C)C. The number of hydrogen-bond acceptors (Lipinski definition) is 3. The van der Waals surface area contributed by atoms with E-state index in [4.69, 9.17) is 5.26 Å². The van der Waals surface area contributed by atoms with Gasteiger partial charge in [-0.25, -0.2) is 0 Å². The molecule has 0 radical (unpaired) electrons. The average molecular weight is 197 g/mol. The Hall–Kier alpha value is -1.04. The van der Waals surface area contributed by atoms with Crippen molar-refractivity contribution in [1.29, 1.82) is 5.26 Å². The Bertz CT molecular complexity index is 220. The highest BCUT2D eigenvalue weighted by molar-refractivity contribution is 5.75. The fraction of sp³-hybridized carbons (Fsp3) is 0.818. The van der Waals surface area contributed by atoms with Gasteiger partial charge in [-0.15, -0.1) is 0 Å². The first-order valence-corrected chi connectivity index (χ1v) is 4.93. The second kappa shape index (κ2) is 5.64. The highest BCUT2D eigenvalue weighted by atomic mass is 16.5. The van der Waals surface area contributed by atoms with Gasteiger partial charge in [0.1, 0.15) is 5.92 Å². The number of carbonyl (C=O) groups is 1. The topological polar surface area (TPSA) is 50.1 Å². The summed E-state index contributed by atoms with van der Waals surface area (Å²) < 4.78 is 4.62. The number of hydrogen-bond donors (Lipinski definition) is 0. The molecule has 0 aromatic rings. The van der Waals surface area contributed by atoms with E-state index in [-0.39, 0.29) is 5.92 Å². The molecule has 0 aromatic heterocycles. The van der Waals surface area contributed by atoms with Crippen LogP contribution >= 0.6 is 0 Å². The largest absolute Gasteiger partial charge is 0.468 e. The van der Waals surface area contributed by atoms with E-state index < -0.39 is 11.9 Å². The molecule has 0 aliphatic rings. The highest BCUT2D eigenvalue weighted by Crippen LogP contribution is 2.29. The molecule has 0 amide bonds. The Balaban J connectivity index is 4.79. The molecule has 0 N–H and O–H groups in total. The van der Waals surface area contributed by atoms with Crippen LogP contribution in [0.4, 0.5) is 0 Å². The van der Waals surface area contributed by atoms with Crippen molar-refractivity contribution >= 4 is 5.97 Å². The zero-order valence-electron chi connectivity index (χ0n) is 9.57. The van der Waals surface area contributed by atoms with Gasteiger partial charge in [0.15, 0.2) is 0 Å². The monoisotopic (exact) mass is 197 g/mol. The molecule has 80 valence electrons. The standard InChI is InChI=1S/C11H19NO2/c1-7(2)10(8(3)4)9(6-12)11(13)14-5/h7-10H,1-5H3. The number of esters is 1. The predicted molar refractivity (Wildman–Crippen MR) is 54.3 cm³/mol. The van der Waals surface area contributed by atoms with Crippen LogP contribution in [0, 0.1) is 35.0 Å². The van der Waals surface area contributed by atoms with Crippen LogP contribution in [-0.2, 0) is 9.53 Å². The third-order valence-corrected chi connectivity index (χ3v) is 2.52. The molecule has 0 aliphatic carbocycles. The summed E-state index contributed by atoms with van der Waals surface area (Å²) in [7, 11) is 1.32. The fourth-order valence-corrected chi connectivity index (χ4v) is 1.96. The average Bonchev–Trinajstić information content (AvgIpc) is 2.11. The van der Waals surface area contributed by atoms with Crippen LogP contribution in [0.15, 0.2) is 0 Å². The number of methoxy groups -OCH3 is 1. The van der Waals surface area contributed by atoms with Crippen molar-refractivity contribution in [1.82, 2.24) is 0 Å². The molecule has 3 heteroatoms. The fourth-order valence-electron chi connectivity index (χ4n) is 1.96. The van der Waals surface area contributed by atoms with Gasteiger partial charge in [-0.05, 0) is 17.8 Å². The third-order valence-electron chi connectivity index (χ3n) is 2.52. The number of rotatable bonds is 4. The van der Waals surface area contributed by atoms with Crippen LogP contribution < -0.4 is 0 Å². The van der Waals surface area contributed by atoms with E-state index in [1.807, 2.05) is 33.8 Å². The van der Waals surface area contributed by atoms with Crippen LogP contribution in [-0.4, -0.2) is 13.1 Å². The summed E-state index contributed by atoms with van der Waals surface area (Å²) in [6.07, 6.45) is 0. The molecule has 0 aromatic carbocycles. The van der Waals surface area contributed by atoms with Crippen molar-refractivity contribution < 1.29 is 9.53 Å². The van der Waals surface area contributed by atoms with Crippen molar-refractivity contribution in [2.45, 2.75) is 27.7 Å². The van der Waals surface area contributed by atoms with Crippen LogP contribution in [0.1, 0.15) is 27.7 Å². The van der Waals surface area contributed by atoms with Crippen molar-refractivity contribution in [3.05, 3.63) is 0 Å².